The SMILES string of the molecule is COC(=O)[C@H](C)Sc1nc2sc3c(c2c(=O)n1-c1ccccc1)C[C@@H](C(C)C)OC3. The summed E-state index contributed by atoms with van der Waals surface area (Å²) in [5.41, 5.74) is 1.68. The molecule has 4 rings (SSSR count). The van der Waals surface area contributed by atoms with Gasteiger partial charge in [0.05, 0.1) is 30.9 Å². The molecule has 6 nitrogen and oxygen atoms in total. The number of thiophene rings is 1. The molecule has 3 heterocycles. The summed E-state index contributed by atoms with van der Waals surface area (Å²) in [5.74, 6) is 0.0146. The predicted molar refractivity (Wildman–Crippen MR) is 120 cm³/mol. The van der Waals surface area contributed by atoms with Gasteiger partial charge in [-0.2, -0.15) is 0 Å². The van der Waals surface area contributed by atoms with Gasteiger partial charge in [0.25, 0.3) is 5.56 Å². The molecule has 0 N–H and O–H groups in total. The Morgan fingerprint density at radius 2 is 2.03 bits per heavy atom. The molecule has 1 aromatic carbocycles. The van der Waals surface area contributed by atoms with E-state index in [0.717, 1.165) is 16.1 Å². The summed E-state index contributed by atoms with van der Waals surface area (Å²) in [7, 11) is 1.36. The number of thioether (sulfide) groups is 1. The van der Waals surface area contributed by atoms with Gasteiger partial charge in [0, 0.05) is 11.3 Å². The first kappa shape index (κ1) is 21.1. The highest BCUT2D eigenvalue weighted by molar-refractivity contribution is 8.00. The molecule has 0 fully saturated rings. The fraction of sp³-hybridized carbons (Fsp3) is 0.409. The molecule has 0 unspecified atom stereocenters. The lowest BCUT2D eigenvalue weighted by Crippen LogP contribution is -2.28. The molecule has 0 amide bonds. The Balaban J connectivity index is 1.92. The van der Waals surface area contributed by atoms with Crippen LogP contribution in [0.3, 0.4) is 0 Å². The van der Waals surface area contributed by atoms with Crippen LogP contribution in [0.4, 0.5) is 0 Å². The standard InChI is InChI=1S/C22H24N2O4S2/c1-12(2)16-10-15-17(11-28-16)30-19-18(15)20(25)24(14-8-6-5-7-9-14)22(23-19)29-13(3)21(26)27-4/h5-9,12-13,16H,10-11H2,1-4H3/t13-,16-/m0/s1. The van der Waals surface area contributed by atoms with Gasteiger partial charge in [0.2, 0.25) is 0 Å². The Labute approximate surface area is 183 Å². The number of benzene rings is 1. The monoisotopic (exact) mass is 444 g/mol. The van der Waals surface area contributed by atoms with E-state index in [4.69, 9.17) is 14.5 Å². The lowest BCUT2D eigenvalue weighted by atomic mass is 9.96. The zero-order valence-corrected chi connectivity index (χ0v) is 19.0. The average Bonchev–Trinajstić information content (AvgIpc) is 3.11. The molecule has 1 aliphatic rings. The molecule has 30 heavy (non-hydrogen) atoms. The van der Waals surface area contributed by atoms with Gasteiger partial charge in [-0.25, -0.2) is 4.98 Å². The third-order valence-electron chi connectivity index (χ3n) is 5.28. The topological polar surface area (TPSA) is 70.4 Å². The van der Waals surface area contributed by atoms with E-state index in [1.54, 1.807) is 11.5 Å². The third kappa shape index (κ3) is 3.79. The average molecular weight is 445 g/mol. The molecule has 0 saturated heterocycles. The number of fused-ring (bicyclic) bond motifs is 3. The van der Waals surface area contributed by atoms with Crippen LogP contribution in [0.15, 0.2) is 40.3 Å². The molecular weight excluding hydrogens is 420 g/mol. The van der Waals surface area contributed by atoms with Gasteiger partial charge in [0.1, 0.15) is 10.1 Å². The van der Waals surface area contributed by atoms with Crippen LogP contribution < -0.4 is 5.56 Å². The molecule has 8 heteroatoms. The van der Waals surface area contributed by atoms with E-state index in [-0.39, 0.29) is 17.6 Å². The van der Waals surface area contributed by atoms with Crippen LogP contribution in [0.25, 0.3) is 15.9 Å². The van der Waals surface area contributed by atoms with Gasteiger partial charge in [-0.1, -0.05) is 43.8 Å². The number of hydrogen-bond donors (Lipinski definition) is 0. The first-order chi connectivity index (χ1) is 14.4. The van der Waals surface area contributed by atoms with Gasteiger partial charge < -0.3 is 9.47 Å². The number of hydrogen-bond acceptors (Lipinski definition) is 7. The molecule has 0 aliphatic carbocycles. The molecule has 0 saturated carbocycles. The van der Waals surface area contributed by atoms with Gasteiger partial charge >= 0.3 is 5.97 Å². The Kier molecular flexibility index (Phi) is 5.99. The van der Waals surface area contributed by atoms with Crippen LogP contribution in [0, 0.1) is 5.92 Å². The zero-order chi connectivity index (χ0) is 21.4. The maximum atomic E-state index is 13.7. The predicted octanol–water partition coefficient (Wildman–Crippen LogP) is 4.20. The number of esters is 1. The van der Waals surface area contributed by atoms with E-state index >= 15 is 0 Å². The van der Waals surface area contributed by atoms with Crippen LogP contribution in [0.5, 0.6) is 0 Å². The molecule has 0 spiro atoms. The maximum Gasteiger partial charge on any atom is 0.318 e. The van der Waals surface area contributed by atoms with Gasteiger partial charge in [-0.3, -0.25) is 14.2 Å². The van der Waals surface area contributed by atoms with E-state index < -0.39 is 5.25 Å². The zero-order valence-electron chi connectivity index (χ0n) is 17.4. The Hall–Kier alpha value is -2.16. The van der Waals surface area contributed by atoms with Gasteiger partial charge in [-0.15, -0.1) is 11.3 Å². The summed E-state index contributed by atoms with van der Waals surface area (Å²) in [5, 5.41) is 0.664. The molecule has 1 aliphatic heterocycles. The van der Waals surface area contributed by atoms with Crippen molar-refractivity contribution in [1.82, 2.24) is 9.55 Å². The fourth-order valence-electron chi connectivity index (χ4n) is 3.59. The molecule has 0 bridgehead atoms. The molecule has 2 atom stereocenters. The number of rotatable bonds is 5. The lowest BCUT2D eigenvalue weighted by molar-refractivity contribution is -0.139. The van der Waals surface area contributed by atoms with Crippen molar-refractivity contribution in [1.29, 1.82) is 0 Å². The van der Waals surface area contributed by atoms with Crippen molar-refractivity contribution >= 4 is 39.3 Å². The Bertz CT molecular complexity index is 1140. The van der Waals surface area contributed by atoms with Crippen LogP contribution in [-0.2, 0) is 27.3 Å². The number of para-hydroxylation sites is 1. The summed E-state index contributed by atoms with van der Waals surface area (Å²) in [6.45, 7) is 6.52. The first-order valence-corrected chi connectivity index (χ1v) is 11.6. The minimum Gasteiger partial charge on any atom is -0.468 e. The Morgan fingerprint density at radius 3 is 2.70 bits per heavy atom. The van der Waals surface area contributed by atoms with Crippen LogP contribution in [-0.4, -0.2) is 34.0 Å². The second-order valence-corrected chi connectivity index (χ2v) is 10.0. The number of carbonyl (C=O) groups is 1. The second-order valence-electron chi connectivity index (χ2n) is 7.64. The highest BCUT2D eigenvalue weighted by atomic mass is 32.2. The van der Waals surface area contributed by atoms with Crippen molar-refractivity contribution in [2.24, 2.45) is 5.92 Å². The third-order valence-corrected chi connectivity index (χ3v) is 7.41. The second kappa shape index (κ2) is 8.53. The first-order valence-electron chi connectivity index (χ1n) is 9.89. The summed E-state index contributed by atoms with van der Waals surface area (Å²) in [4.78, 5) is 32.3. The quantitative estimate of drug-likeness (QED) is 0.334. The van der Waals surface area contributed by atoms with Gasteiger partial charge in [0.15, 0.2) is 5.16 Å². The summed E-state index contributed by atoms with van der Waals surface area (Å²) in [6.07, 6.45) is 0.803. The van der Waals surface area contributed by atoms with E-state index in [2.05, 4.69) is 13.8 Å². The fourth-order valence-corrected chi connectivity index (χ4v) is 5.71. The number of ether oxygens (including phenoxy) is 2. The van der Waals surface area contributed by atoms with Crippen molar-refractivity contribution in [3.8, 4) is 5.69 Å². The van der Waals surface area contributed by atoms with Crippen molar-refractivity contribution in [3.63, 3.8) is 0 Å². The normalized spacial score (nSPS) is 17.2. The lowest BCUT2D eigenvalue weighted by Gasteiger charge is -2.26. The molecule has 0 radical (unpaired) electrons. The molecule has 3 aromatic rings. The highest BCUT2D eigenvalue weighted by Gasteiger charge is 2.29. The maximum absolute atomic E-state index is 13.7. The van der Waals surface area contributed by atoms with Crippen molar-refractivity contribution in [2.45, 2.75) is 50.3 Å². The number of nitrogens with zero attached hydrogens (tertiary/aromatic N) is 2. The Morgan fingerprint density at radius 1 is 1.30 bits per heavy atom. The minimum atomic E-state index is -0.488. The van der Waals surface area contributed by atoms with Crippen molar-refractivity contribution in [3.05, 3.63) is 51.1 Å². The van der Waals surface area contributed by atoms with Crippen LogP contribution in [0.1, 0.15) is 31.2 Å². The van der Waals surface area contributed by atoms with Crippen molar-refractivity contribution < 1.29 is 14.3 Å². The smallest absolute Gasteiger partial charge is 0.318 e. The van der Waals surface area contributed by atoms with Gasteiger partial charge in [-0.05, 0) is 30.5 Å². The number of carbonyl (C=O) groups excluding carboxylic acids is 1. The summed E-state index contributed by atoms with van der Waals surface area (Å²) in [6, 6.07) is 9.43. The highest BCUT2D eigenvalue weighted by Crippen LogP contribution is 2.36. The number of aromatic nitrogens is 2. The van der Waals surface area contributed by atoms with Crippen LogP contribution in [0.2, 0.25) is 0 Å². The molecule has 2 aromatic heterocycles. The van der Waals surface area contributed by atoms with Crippen LogP contribution >= 0.6 is 23.1 Å². The van der Waals surface area contributed by atoms with E-state index in [9.17, 15) is 9.59 Å². The summed E-state index contributed by atoms with van der Waals surface area (Å²) >= 11 is 2.74. The van der Waals surface area contributed by atoms with E-state index in [0.29, 0.717) is 34.3 Å². The number of methoxy groups -OCH3 is 1. The van der Waals surface area contributed by atoms with Crippen molar-refractivity contribution in [2.75, 3.05) is 7.11 Å². The minimum absolute atomic E-state index is 0.0910. The molecule has 158 valence electrons. The largest absolute Gasteiger partial charge is 0.468 e. The molecular formula is C22H24N2O4S2. The summed E-state index contributed by atoms with van der Waals surface area (Å²) < 4.78 is 12.5. The van der Waals surface area contributed by atoms with E-state index in [1.807, 2.05) is 30.3 Å². The van der Waals surface area contributed by atoms with E-state index in [1.165, 1.54) is 30.2 Å².